The first-order chi connectivity index (χ1) is 18.3. The highest BCUT2D eigenvalue weighted by Crippen LogP contribution is 2.32. The normalized spacial score (nSPS) is 14.6. The summed E-state index contributed by atoms with van der Waals surface area (Å²) in [6, 6.07) is 20.9. The Labute approximate surface area is 215 Å². The zero-order valence-electron chi connectivity index (χ0n) is 19.7. The summed E-state index contributed by atoms with van der Waals surface area (Å²) in [7, 11) is 0. The summed E-state index contributed by atoms with van der Waals surface area (Å²) in [4.78, 5) is 50.5. The third-order valence-electron chi connectivity index (χ3n) is 6.00. The summed E-state index contributed by atoms with van der Waals surface area (Å²) >= 11 is 0. The van der Waals surface area contributed by atoms with E-state index in [9.17, 15) is 23.6 Å². The molecule has 0 aliphatic carbocycles. The van der Waals surface area contributed by atoms with E-state index in [1.165, 1.54) is 30.3 Å². The van der Waals surface area contributed by atoms with Gasteiger partial charge < -0.3 is 9.84 Å². The number of hydrogen-bond donors (Lipinski definition) is 2. The number of halogens is 1. The summed E-state index contributed by atoms with van der Waals surface area (Å²) < 4.78 is 19.4. The van der Waals surface area contributed by atoms with Crippen molar-refractivity contribution in [3.05, 3.63) is 113 Å². The Hall–Kier alpha value is -5.31. The van der Waals surface area contributed by atoms with Crippen molar-refractivity contribution < 1.29 is 33.4 Å². The van der Waals surface area contributed by atoms with Crippen LogP contribution in [0.2, 0.25) is 0 Å². The lowest BCUT2D eigenvalue weighted by Crippen LogP contribution is -2.54. The van der Waals surface area contributed by atoms with Crippen LogP contribution in [0.4, 0.5) is 14.9 Å². The van der Waals surface area contributed by atoms with Gasteiger partial charge in [0, 0.05) is 5.56 Å². The number of carboxylic acids is 1. The van der Waals surface area contributed by atoms with Crippen LogP contribution in [0.15, 0.2) is 90.5 Å². The minimum absolute atomic E-state index is 0.0920. The van der Waals surface area contributed by atoms with Crippen molar-refractivity contribution in [2.45, 2.75) is 6.61 Å². The molecule has 4 aromatic rings. The highest BCUT2D eigenvalue weighted by atomic mass is 19.1. The number of aromatic carboxylic acids is 1. The fourth-order valence-electron chi connectivity index (χ4n) is 4.08. The third kappa shape index (κ3) is 4.72. The number of barbiturate groups is 1. The van der Waals surface area contributed by atoms with E-state index in [0.29, 0.717) is 22.3 Å². The van der Waals surface area contributed by atoms with Crippen molar-refractivity contribution in [2.75, 3.05) is 4.90 Å². The second-order valence-corrected chi connectivity index (χ2v) is 8.42. The van der Waals surface area contributed by atoms with Crippen molar-refractivity contribution >= 4 is 46.4 Å². The van der Waals surface area contributed by atoms with E-state index in [-0.39, 0.29) is 23.4 Å². The maximum atomic E-state index is 13.4. The number of urea groups is 1. The van der Waals surface area contributed by atoms with Gasteiger partial charge >= 0.3 is 12.0 Å². The number of carboxylic acid groups (broad SMARTS) is 1. The molecule has 2 N–H and O–H groups in total. The number of fused-ring (bicyclic) bond motifs is 1. The molecule has 8 nitrogen and oxygen atoms in total. The number of ether oxygens (including phenoxy) is 1. The second-order valence-electron chi connectivity index (χ2n) is 8.42. The van der Waals surface area contributed by atoms with E-state index in [1.807, 2.05) is 24.3 Å². The van der Waals surface area contributed by atoms with Crippen molar-refractivity contribution in [3.63, 3.8) is 0 Å². The molecule has 9 heteroatoms. The predicted octanol–water partition coefficient (Wildman–Crippen LogP) is 4.92. The van der Waals surface area contributed by atoms with Crippen LogP contribution in [0.3, 0.4) is 0 Å². The number of hydrogen-bond acceptors (Lipinski definition) is 5. The van der Waals surface area contributed by atoms with Gasteiger partial charge in [-0.3, -0.25) is 14.9 Å². The standard InChI is InChI=1S/C29H19FN2O6/c30-20-10-12-21(13-11-20)32-27(34)24(26(33)31-29(32)37)15-23-22-4-2-1-3-18(22)9-14-25(23)38-16-17-5-7-19(8-6-17)28(35)36/h1-15H,16H2,(H,35,36)(H,31,33,37)/b24-15+. The first-order valence-electron chi connectivity index (χ1n) is 11.5. The monoisotopic (exact) mass is 510 g/mol. The van der Waals surface area contributed by atoms with Gasteiger partial charge in [-0.25, -0.2) is 18.9 Å². The van der Waals surface area contributed by atoms with Crippen molar-refractivity contribution in [1.29, 1.82) is 0 Å². The summed E-state index contributed by atoms with van der Waals surface area (Å²) in [5.74, 6) is -2.95. The first kappa shape index (κ1) is 24.4. The van der Waals surface area contributed by atoms with Gasteiger partial charge in [-0.1, -0.05) is 42.5 Å². The molecule has 4 aromatic carbocycles. The van der Waals surface area contributed by atoms with Crippen LogP contribution in [0, 0.1) is 5.82 Å². The highest BCUT2D eigenvalue weighted by Gasteiger charge is 2.37. The average molecular weight is 510 g/mol. The molecule has 0 unspecified atom stereocenters. The quantitative estimate of drug-likeness (QED) is 0.281. The molecule has 0 atom stereocenters. The molecular formula is C29H19FN2O6. The summed E-state index contributed by atoms with van der Waals surface area (Å²) in [6.45, 7) is 0.0920. The summed E-state index contributed by atoms with van der Waals surface area (Å²) in [6.07, 6.45) is 1.37. The van der Waals surface area contributed by atoms with Gasteiger partial charge in [-0.05, 0) is 64.9 Å². The van der Waals surface area contributed by atoms with E-state index in [0.717, 1.165) is 22.4 Å². The number of nitrogens with zero attached hydrogens (tertiary/aromatic N) is 1. The number of nitrogens with one attached hydrogen (secondary N) is 1. The lowest BCUT2D eigenvalue weighted by atomic mass is 9.99. The molecule has 0 radical (unpaired) electrons. The second kappa shape index (κ2) is 9.98. The molecule has 188 valence electrons. The van der Waals surface area contributed by atoms with Crippen LogP contribution in [0.5, 0.6) is 5.75 Å². The Morgan fingerprint density at radius 1 is 0.921 bits per heavy atom. The van der Waals surface area contributed by atoms with Gasteiger partial charge in [-0.2, -0.15) is 0 Å². The Kier molecular flexibility index (Phi) is 6.40. The zero-order chi connectivity index (χ0) is 26.8. The number of amides is 4. The van der Waals surface area contributed by atoms with Crippen LogP contribution >= 0.6 is 0 Å². The number of anilines is 1. The molecule has 4 amide bonds. The van der Waals surface area contributed by atoms with Crippen LogP contribution in [-0.4, -0.2) is 28.9 Å². The zero-order valence-corrected chi connectivity index (χ0v) is 19.7. The molecule has 1 heterocycles. The first-order valence-corrected chi connectivity index (χ1v) is 11.5. The maximum Gasteiger partial charge on any atom is 0.335 e. The van der Waals surface area contributed by atoms with E-state index in [1.54, 1.807) is 24.3 Å². The summed E-state index contributed by atoms with van der Waals surface area (Å²) in [5.41, 5.74) is 1.10. The maximum absolute atomic E-state index is 13.4. The molecular weight excluding hydrogens is 491 g/mol. The SMILES string of the molecule is O=C1NC(=O)N(c2ccc(F)cc2)C(=O)/C1=C/c1c(OCc2ccc(C(=O)O)cc2)ccc2ccccc12. The van der Waals surface area contributed by atoms with Gasteiger partial charge in [0.25, 0.3) is 11.8 Å². The topological polar surface area (TPSA) is 113 Å². The average Bonchev–Trinajstić information content (AvgIpc) is 2.91. The van der Waals surface area contributed by atoms with Gasteiger partial charge in [0.1, 0.15) is 23.7 Å². The fraction of sp³-hybridized carbons (Fsp3) is 0.0345. The summed E-state index contributed by atoms with van der Waals surface area (Å²) in [5, 5.41) is 12.8. The number of benzene rings is 4. The largest absolute Gasteiger partial charge is 0.488 e. The Morgan fingerprint density at radius 3 is 2.34 bits per heavy atom. The minimum Gasteiger partial charge on any atom is -0.488 e. The number of carbonyl (C=O) groups is 4. The van der Waals surface area contributed by atoms with Crippen molar-refractivity contribution in [1.82, 2.24) is 5.32 Å². The molecule has 1 aliphatic rings. The van der Waals surface area contributed by atoms with E-state index >= 15 is 0 Å². The van der Waals surface area contributed by atoms with Crippen LogP contribution in [-0.2, 0) is 16.2 Å². The van der Waals surface area contributed by atoms with Crippen LogP contribution in [0.1, 0.15) is 21.5 Å². The smallest absolute Gasteiger partial charge is 0.335 e. The Balaban J connectivity index is 1.54. The Morgan fingerprint density at radius 2 is 1.63 bits per heavy atom. The molecule has 0 aromatic heterocycles. The molecule has 1 saturated heterocycles. The van der Waals surface area contributed by atoms with E-state index in [4.69, 9.17) is 9.84 Å². The van der Waals surface area contributed by atoms with Gasteiger partial charge in [0.2, 0.25) is 0 Å². The van der Waals surface area contributed by atoms with Gasteiger partial charge in [0.15, 0.2) is 0 Å². The molecule has 5 rings (SSSR count). The van der Waals surface area contributed by atoms with Crippen LogP contribution < -0.4 is 15.0 Å². The molecule has 1 aliphatic heterocycles. The third-order valence-corrected chi connectivity index (χ3v) is 6.00. The van der Waals surface area contributed by atoms with E-state index < -0.39 is 29.6 Å². The molecule has 0 saturated carbocycles. The lowest BCUT2D eigenvalue weighted by Gasteiger charge is -2.26. The van der Waals surface area contributed by atoms with E-state index in [2.05, 4.69) is 5.32 Å². The molecule has 1 fully saturated rings. The van der Waals surface area contributed by atoms with Gasteiger partial charge in [-0.15, -0.1) is 0 Å². The fourth-order valence-corrected chi connectivity index (χ4v) is 4.08. The van der Waals surface area contributed by atoms with Crippen LogP contribution in [0.25, 0.3) is 16.8 Å². The minimum atomic E-state index is -1.04. The van der Waals surface area contributed by atoms with Gasteiger partial charge in [0.05, 0.1) is 11.3 Å². The van der Waals surface area contributed by atoms with Crippen molar-refractivity contribution in [2.24, 2.45) is 0 Å². The Bertz CT molecular complexity index is 1630. The van der Waals surface area contributed by atoms with Crippen molar-refractivity contribution in [3.8, 4) is 5.75 Å². The molecule has 38 heavy (non-hydrogen) atoms. The molecule has 0 spiro atoms. The predicted molar refractivity (Wildman–Crippen MR) is 137 cm³/mol. The number of imide groups is 2. The number of rotatable bonds is 6. The lowest BCUT2D eigenvalue weighted by molar-refractivity contribution is -0.122. The molecule has 0 bridgehead atoms. The highest BCUT2D eigenvalue weighted by molar-refractivity contribution is 6.39. The number of carbonyl (C=O) groups excluding carboxylic acids is 3.